The van der Waals surface area contributed by atoms with E-state index in [-0.39, 0.29) is 0 Å². The highest BCUT2D eigenvalue weighted by molar-refractivity contribution is 6.21. The van der Waals surface area contributed by atoms with Gasteiger partial charge >= 0.3 is 0 Å². The van der Waals surface area contributed by atoms with Crippen molar-refractivity contribution in [1.29, 1.82) is 0 Å². The van der Waals surface area contributed by atoms with Gasteiger partial charge in [0.25, 0.3) is 0 Å². The first-order chi connectivity index (χ1) is 27.3. The van der Waals surface area contributed by atoms with Gasteiger partial charge in [-0.1, -0.05) is 140 Å². The van der Waals surface area contributed by atoms with Crippen LogP contribution in [0.2, 0.25) is 0 Å². The van der Waals surface area contributed by atoms with Crippen molar-refractivity contribution < 1.29 is 4.42 Å². The Morgan fingerprint density at radius 3 is 1.85 bits per heavy atom. The van der Waals surface area contributed by atoms with Crippen molar-refractivity contribution in [2.45, 2.75) is 0 Å². The molecular weight excluding hydrogens is 669 g/mol. The minimum Gasteiger partial charge on any atom is -0.455 e. The zero-order chi connectivity index (χ0) is 36.3. The molecule has 11 rings (SSSR count). The van der Waals surface area contributed by atoms with Crippen LogP contribution >= 0.6 is 0 Å². The molecule has 0 fully saturated rings. The van der Waals surface area contributed by atoms with Gasteiger partial charge < -0.3 is 13.9 Å². The van der Waals surface area contributed by atoms with Crippen molar-refractivity contribution >= 4 is 71.6 Å². The maximum atomic E-state index is 6.48. The molecule has 2 heterocycles. The zero-order valence-corrected chi connectivity index (χ0v) is 29.9. The average Bonchev–Trinajstić information content (AvgIpc) is 3.81. The highest BCUT2D eigenvalue weighted by atomic mass is 16.3. The minimum absolute atomic E-state index is 0.901. The average molecular weight is 703 g/mol. The minimum atomic E-state index is 0.901. The van der Waals surface area contributed by atoms with Crippen LogP contribution in [0.3, 0.4) is 0 Å². The quantitative estimate of drug-likeness (QED) is 0.172. The Labute approximate surface area is 318 Å². The molecule has 3 heteroatoms. The van der Waals surface area contributed by atoms with Gasteiger partial charge in [0.05, 0.1) is 11.0 Å². The molecule has 0 aliphatic heterocycles. The van der Waals surface area contributed by atoms with Crippen LogP contribution in [-0.2, 0) is 0 Å². The molecule has 0 bridgehead atoms. The van der Waals surface area contributed by atoms with Crippen LogP contribution in [0, 0.1) is 0 Å². The lowest BCUT2D eigenvalue weighted by molar-refractivity contribution is 0.670. The fourth-order valence-corrected chi connectivity index (χ4v) is 8.44. The molecule has 11 aromatic rings. The number of benzene rings is 9. The second-order valence-corrected chi connectivity index (χ2v) is 14.1. The summed E-state index contributed by atoms with van der Waals surface area (Å²) < 4.78 is 8.88. The van der Waals surface area contributed by atoms with Gasteiger partial charge in [-0.25, -0.2) is 0 Å². The Hall–Kier alpha value is -7.36. The largest absolute Gasteiger partial charge is 0.455 e. The van der Waals surface area contributed by atoms with E-state index in [0.717, 1.165) is 55.8 Å². The van der Waals surface area contributed by atoms with Crippen molar-refractivity contribution in [1.82, 2.24) is 4.57 Å². The Morgan fingerprint density at radius 1 is 0.382 bits per heavy atom. The van der Waals surface area contributed by atoms with Gasteiger partial charge in [-0.2, -0.15) is 0 Å². The summed E-state index contributed by atoms with van der Waals surface area (Å²) in [5, 5.41) is 7.33. The lowest BCUT2D eigenvalue weighted by Crippen LogP contribution is -2.10. The molecular formula is C52H34N2O. The van der Waals surface area contributed by atoms with Crippen molar-refractivity contribution in [3.8, 4) is 27.9 Å². The van der Waals surface area contributed by atoms with Crippen molar-refractivity contribution in [3.05, 3.63) is 206 Å². The second-order valence-electron chi connectivity index (χ2n) is 14.1. The summed E-state index contributed by atoms with van der Waals surface area (Å²) in [5.41, 5.74) is 13.1. The number of aromatic nitrogens is 1. The van der Waals surface area contributed by atoms with Gasteiger partial charge in [0.2, 0.25) is 0 Å². The van der Waals surface area contributed by atoms with Gasteiger partial charge in [-0.15, -0.1) is 0 Å². The monoisotopic (exact) mass is 702 g/mol. The van der Waals surface area contributed by atoms with E-state index >= 15 is 0 Å². The van der Waals surface area contributed by atoms with Crippen molar-refractivity contribution in [2.24, 2.45) is 0 Å². The van der Waals surface area contributed by atoms with Crippen LogP contribution in [0.1, 0.15) is 0 Å². The maximum Gasteiger partial charge on any atom is 0.143 e. The van der Waals surface area contributed by atoms with Gasteiger partial charge in [-0.05, 0) is 94.2 Å². The third kappa shape index (κ3) is 5.13. The Bertz CT molecular complexity index is 3190. The highest BCUT2D eigenvalue weighted by Gasteiger charge is 2.18. The number of rotatable bonds is 6. The molecule has 0 saturated carbocycles. The molecule has 0 unspecified atom stereocenters. The molecule has 0 saturated heterocycles. The van der Waals surface area contributed by atoms with E-state index in [0.29, 0.717) is 0 Å². The maximum absolute atomic E-state index is 6.48. The number of fused-ring (bicyclic) bond motifs is 8. The first kappa shape index (κ1) is 31.2. The fraction of sp³-hybridized carbons (Fsp3) is 0. The number of nitrogens with zero attached hydrogens (tertiary/aromatic N) is 2. The fourth-order valence-electron chi connectivity index (χ4n) is 8.44. The van der Waals surface area contributed by atoms with E-state index in [1.54, 1.807) is 0 Å². The topological polar surface area (TPSA) is 21.3 Å². The normalized spacial score (nSPS) is 11.6. The molecule has 0 atom stereocenters. The van der Waals surface area contributed by atoms with E-state index in [1.165, 1.54) is 43.7 Å². The van der Waals surface area contributed by atoms with Crippen molar-refractivity contribution in [2.75, 3.05) is 4.90 Å². The van der Waals surface area contributed by atoms with Gasteiger partial charge in [0, 0.05) is 49.9 Å². The van der Waals surface area contributed by atoms with Crippen LogP contribution in [0.4, 0.5) is 17.1 Å². The highest BCUT2D eigenvalue weighted by Crippen LogP contribution is 2.42. The van der Waals surface area contributed by atoms with Crippen LogP contribution in [0.5, 0.6) is 0 Å². The Balaban J connectivity index is 1.06. The van der Waals surface area contributed by atoms with Crippen molar-refractivity contribution in [3.63, 3.8) is 0 Å². The molecule has 0 aliphatic carbocycles. The smallest absolute Gasteiger partial charge is 0.143 e. The third-order valence-electron chi connectivity index (χ3n) is 11.0. The predicted molar refractivity (Wildman–Crippen MR) is 231 cm³/mol. The zero-order valence-electron chi connectivity index (χ0n) is 29.9. The summed E-state index contributed by atoms with van der Waals surface area (Å²) in [6.45, 7) is 0. The first-order valence-corrected chi connectivity index (χ1v) is 18.8. The van der Waals surface area contributed by atoms with Gasteiger partial charge in [0.15, 0.2) is 0 Å². The summed E-state index contributed by atoms with van der Waals surface area (Å²) in [6.07, 6.45) is 0. The molecule has 0 radical (unpaired) electrons. The molecule has 0 N–H and O–H groups in total. The van der Waals surface area contributed by atoms with Crippen LogP contribution in [0.25, 0.3) is 82.5 Å². The summed E-state index contributed by atoms with van der Waals surface area (Å²) in [7, 11) is 0. The van der Waals surface area contributed by atoms with E-state index in [1.807, 2.05) is 12.1 Å². The number of furan rings is 1. The SMILES string of the molecule is c1ccc(-c2ccc(N(c3ccc(-n4c5ccccc5c5c6ccccc6ccc54)cc3)c3cccc(-c4cccc5c4oc4ccccc45)c3)cc2)cc1. The lowest BCUT2D eigenvalue weighted by Gasteiger charge is -2.26. The summed E-state index contributed by atoms with van der Waals surface area (Å²) >= 11 is 0. The summed E-state index contributed by atoms with van der Waals surface area (Å²) in [5.74, 6) is 0. The van der Waals surface area contributed by atoms with E-state index in [4.69, 9.17) is 4.42 Å². The van der Waals surface area contributed by atoms with Crippen LogP contribution in [-0.4, -0.2) is 4.57 Å². The van der Waals surface area contributed by atoms with E-state index < -0.39 is 0 Å². The van der Waals surface area contributed by atoms with Gasteiger partial charge in [0.1, 0.15) is 11.2 Å². The number of anilines is 3. The number of hydrogen-bond donors (Lipinski definition) is 0. The Kier molecular flexibility index (Phi) is 7.17. The van der Waals surface area contributed by atoms with Crippen LogP contribution in [0.15, 0.2) is 211 Å². The number of para-hydroxylation sites is 3. The molecule has 0 amide bonds. The lowest BCUT2D eigenvalue weighted by atomic mass is 10.0. The molecule has 9 aromatic carbocycles. The van der Waals surface area contributed by atoms with E-state index in [2.05, 4.69) is 204 Å². The summed E-state index contributed by atoms with van der Waals surface area (Å²) in [6, 6.07) is 73.9. The molecule has 2 aromatic heterocycles. The summed E-state index contributed by atoms with van der Waals surface area (Å²) in [4.78, 5) is 2.35. The standard InChI is InChI=1S/C52H34N2O/c1-2-12-35(13-3-1)36-24-27-39(28-25-36)53(42-16-10-15-38(34-42)44-20-11-21-46-45-18-7-9-23-50(45)55-52(44)46)40-29-31-41(32-30-40)54-48-22-8-6-19-47(48)51-43-17-5-4-14-37(43)26-33-49(51)54/h1-34H. The number of hydrogen-bond acceptors (Lipinski definition) is 2. The van der Waals surface area contributed by atoms with Crippen LogP contribution < -0.4 is 4.90 Å². The van der Waals surface area contributed by atoms with Gasteiger partial charge in [-0.3, -0.25) is 0 Å². The van der Waals surface area contributed by atoms with E-state index in [9.17, 15) is 0 Å². The third-order valence-corrected chi connectivity index (χ3v) is 11.0. The molecule has 0 aliphatic rings. The first-order valence-electron chi connectivity index (χ1n) is 18.8. The second kappa shape index (κ2) is 12.6. The molecule has 258 valence electrons. The predicted octanol–water partition coefficient (Wildman–Crippen LogP) is 14.6. The Morgan fingerprint density at radius 2 is 1.02 bits per heavy atom. The molecule has 3 nitrogen and oxygen atoms in total. The molecule has 0 spiro atoms. The molecule has 55 heavy (non-hydrogen) atoms.